The molecule has 1 aromatic heterocycles. The summed E-state index contributed by atoms with van der Waals surface area (Å²) in [7, 11) is -3.69. The van der Waals surface area contributed by atoms with E-state index in [2.05, 4.69) is 25.8 Å². The third-order valence-corrected chi connectivity index (χ3v) is 12.3. The summed E-state index contributed by atoms with van der Waals surface area (Å²) in [5, 5.41) is 23.2. The van der Waals surface area contributed by atoms with Crippen molar-refractivity contribution >= 4 is 38.1 Å². The third kappa shape index (κ3) is 9.27. The monoisotopic (exact) mass is 661 g/mol. The fourth-order valence-corrected chi connectivity index (χ4v) is 7.75. The molecule has 1 saturated heterocycles. The highest BCUT2D eigenvalue weighted by atomic mass is 32.2. The predicted molar refractivity (Wildman–Crippen MR) is 180 cm³/mol. The lowest BCUT2D eigenvalue weighted by atomic mass is 9.72. The zero-order valence-corrected chi connectivity index (χ0v) is 29.1. The Hall–Kier alpha value is -2.54. The Morgan fingerprint density at radius 3 is 2.36 bits per heavy atom. The van der Waals surface area contributed by atoms with Gasteiger partial charge in [0.25, 0.3) is 0 Å². The molecule has 0 spiro atoms. The summed E-state index contributed by atoms with van der Waals surface area (Å²) in [6, 6.07) is 7.29. The number of amides is 2. The molecule has 1 aliphatic heterocycles. The first-order chi connectivity index (χ1) is 21.0. The number of nitrogens with one attached hydrogen (secondary N) is 3. The lowest BCUT2D eigenvalue weighted by Crippen LogP contribution is -2.62. The Morgan fingerprint density at radius 1 is 1.09 bits per heavy atom. The van der Waals surface area contributed by atoms with Gasteiger partial charge in [-0.2, -0.15) is 0 Å². The second kappa shape index (κ2) is 14.5. The van der Waals surface area contributed by atoms with E-state index < -0.39 is 38.7 Å². The van der Waals surface area contributed by atoms with Gasteiger partial charge in [-0.3, -0.25) is 14.5 Å². The molecular formula is C33H51N5O5S2. The lowest BCUT2D eigenvalue weighted by Gasteiger charge is -2.47. The number of fused-ring (bicyclic) bond motifs is 1. The second-order valence-corrected chi connectivity index (χ2v) is 17.9. The number of aromatic nitrogens is 1. The number of carbonyl (C=O) groups is 2. The molecule has 2 aromatic rings. The first-order valence-corrected chi connectivity index (χ1v) is 18.8. The molecule has 12 heteroatoms. The number of piperidine rings is 1. The van der Waals surface area contributed by atoms with Crippen molar-refractivity contribution in [2.75, 3.05) is 24.7 Å². The highest BCUT2D eigenvalue weighted by molar-refractivity contribution is 7.92. The molecule has 4 rings (SSSR count). The number of rotatable bonds is 12. The van der Waals surface area contributed by atoms with Gasteiger partial charge in [0.05, 0.1) is 22.9 Å². The van der Waals surface area contributed by atoms with Crippen LogP contribution in [0.3, 0.4) is 0 Å². The van der Waals surface area contributed by atoms with Crippen LogP contribution in [0.15, 0.2) is 41.9 Å². The number of thiazole rings is 1. The molecule has 2 aliphatic rings. The van der Waals surface area contributed by atoms with Crippen LogP contribution in [0.25, 0.3) is 0 Å². The van der Waals surface area contributed by atoms with Gasteiger partial charge in [0.1, 0.15) is 6.04 Å². The van der Waals surface area contributed by atoms with Crippen LogP contribution in [0.1, 0.15) is 72.3 Å². The molecule has 1 aliphatic carbocycles. The maximum atomic E-state index is 14.0. The van der Waals surface area contributed by atoms with Crippen LogP contribution in [0.4, 0.5) is 5.13 Å². The number of benzene rings is 1. The normalized spacial score (nSPS) is 23.3. The van der Waals surface area contributed by atoms with Crippen LogP contribution in [0.2, 0.25) is 0 Å². The number of hydrogen-bond acceptors (Lipinski definition) is 9. The number of β-amino-alcohol motifs (C(OH)–C–C–N with tert-alkyl or cyclic N) is 1. The van der Waals surface area contributed by atoms with Crippen LogP contribution in [0.5, 0.6) is 0 Å². The van der Waals surface area contributed by atoms with E-state index in [9.17, 15) is 23.1 Å². The summed E-state index contributed by atoms with van der Waals surface area (Å²) in [6.07, 6.45) is 7.34. The van der Waals surface area contributed by atoms with Crippen LogP contribution >= 0.6 is 11.3 Å². The highest BCUT2D eigenvalue weighted by Crippen LogP contribution is 2.39. The molecule has 45 heavy (non-hydrogen) atoms. The maximum Gasteiger partial charge on any atom is 0.244 e. The Kier molecular flexibility index (Phi) is 11.4. The Labute approximate surface area is 272 Å². The molecule has 2 amide bonds. The van der Waals surface area contributed by atoms with Crippen molar-refractivity contribution < 1.29 is 23.1 Å². The molecule has 250 valence electrons. The topological polar surface area (TPSA) is 141 Å². The number of sulfone groups is 1. The number of carbonyl (C=O) groups excluding carboxylic acids is 2. The zero-order chi connectivity index (χ0) is 33.0. The summed E-state index contributed by atoms with van der Waals surface area (Å²) < 4.78 is 24.3. The quantitative estimate of drug-likeness (QED) is 0.271. The van der Waals surface area contributed by atoms with E-state index in [0.717, 1.165) is 31.1 Å². The molecule has 10 nitrogen and oxygen atoms in total. The standard InChI is InChI=1S/C33H51N5O5S2/c1-32(2,3)37-29(40)26-19-23-14-10-11-15-24(23)20-38(26)21-27(39)25(18-22-12-8-7-9-13-22)35-30(41)28(33(4,5)45(6,42)43)36-31-34-16-17-44-31/h7-9,12-13,16-17,23-28,39H,10-11,14-15,18-21H2,1-6H3,(H,34,36)(H,35,41)(H,37,40)/t23-,24+,25?,26?,27?,28+/m0/s1. The molecule has 1 aromatic carbocycles. The van der Waals surface area contributed by atoms with Crippen molar-refractivity contribution in [3.8, 4) is 0 Å². The minimum absolute atomic E-state index is 0.0371. The molecule has 0 radical (unpaired) electrons. The third-order valence-electron chi connectivity index (χ3n) is 9.43. The number of nitrogens with zero attached hydrogens (tertiary/aromatic N) is 2. The van der Waals surface area contributed by atoms with E-state index in [1.807, 2.05) is 51.1 Å². The molecule has 0 bridgehead atoms. The van der Waals surface area contributed by atoms with Gasteiger partial charge < -0.3 is 21.1 Å². The minimum Gasteiger partial charge on any atom is -0.390 e. The molecule has 3 unspecified atom stereocenters. The number of aliphatic hydroxyl groups is 1. The smallest absolute Gasteiger partial charge is 0.244 e. The number of hydrogen-bond donors (Lipinski definition) is 4. The van der Waals surface area contributed by atoms with E-state index in [1.54, 1.807) is 11.6 Å². The van der Waals surface area contributed by atoms with Crippen LogP contribution in [-0.2, 0) is 25.8 Å². The molecule has 2 fully saturated rings. The van der Waals surface area contributed by atoms with Gasteiger partial charge in [0.2, 0.25) is 11.8 Å². The summed E-state index contributed by atoms with van der Waals surface area (Å²) in [5.41, 5.74) is 0.530. The van der Waals surface area contributed by atoms with Crippen molar-refractivity contribution in [3.63, 3.8) is 0 Å². The highest BCUT2D eigenvalue weighted by Gasteiger charge is 2.46. The predicted octanol–water partition coefficient (Wildman–Crippen LogP) is 3.63. The van der Waals surface area contributed by atoms with E-state index in [-0.39, 0.29) is 24.0 Å². The number of likely N-dealkylation sites (tertiary alicyclic amines) is 1. The van der Waals surface area contributed by atoms with E-state index in [1.165, 1.54) is 38.0 Å². The fraction of sp³-hybridized carbons (Fsp3) is 0.667. The Morgan fingerprint density at radius 2 is 1.76 bits per heavy atom. The Bertz CT molecular complexity index is 1380. The van der Waals surface area contributed by atoms with Gasteiger partial charge >= 0.3 is 0 Å². The van der Waals surface area contributed by atoms with Gasteiger partial charge in [-0.15, -0.1) is 11.3 Å². The molecular weight excluding hydrogens is 611 g/mol. The molecule has 1 saturated carbocycles. The van der Waals surface area contributed by atoms with Crippen LogP contribution in [-0.4, -0.2) is 89.1 Å². The van der Waals surface area contributed by atoms with Crippen LogP contribution < -0.4 is 16.0 Å². The number of anilines is 1. The van der Waals surface area contributed by atoms with Gasteiger partial charge in [0, 0.05) is 36.5 Å². The van der Waals surface area contributed by atoms with E-state index in [4.69, 9.17) is 0 Å². The van der Waals surface area contributed by atoms with Gasteiger partial charge in [-0.25, -0.2) is 13.4 Å². The van der Waals surface area contributed by atoms with Gasteiger partial charge in [0.15, 0.2) is 15.0 Å². The summed E-state index contributed by atoms with van der Waals surface area (Å²) >= 11 is 1.27. The van der Waals surface area contributed by atoms with Crippen molar-refractivity contribution in [1.82, 2.24) is 20.5 Å². The van der Waals surface area contributed by atoms with Crippen molar-refractivity contribution in [2.45, 2.75) is 108 Å². The molecule has 2 heterocycles. The van der Waals surface area contributed by atoms with E-state index in [0.29, 0.717) is 29.9 Å². The fourth-order valence-electron chi connectivity index (χ4n) is 6.60. The summed E-state index contributed by atoms with van der Waals surface area (Å²) in [6.45, 7) is 9.85. The van der Waals surface area contributed by atoms with Crippen molar-refractivity contribution in [3.05, 3.63) is 47.5 Å². The first-order valence-electron chi connectivity index (χ1n) is 16.0. The van der Waals surface area contributed by atoms with Crippen LogP contribution in [0, 0.1) is 11.8 Å². The zero-order valence-electron chi connectivity index (χ0n) is 27.5. The first kappa shape index (κ1) is 35.3. The average Bonchev–Trinajstić information content (AvgIpc) is 3.47. The second-order valence-electron chi connectivity index (χ2n) is 14.4. The maximum absolute atomic E-state index is 14.0. The summed E-state index contributed by atoms with van der Waals surface area (Å²) in [4.78, 5) is 33.9. The van der Waals surface area contributed by atoms with Crippen molar-refractivity contribution in [2.24, 2.45) is 11.8 Å². The summed E-state index contributed by atoms with van der Waals surface area (Å²) in [5.74, 6) is 0.367. The minimum atomic E-state index is -3.69. The Balaban J connectivity index is 1.61. The van der Waals surface area contributed by atoms with Gasteiger partial charge in [-0.05, 0) is 71.3 Å². The molecule has 6 atom stereocenters. The van der Waals surface area contributed by atoms with Crippen molar-refractivity contribution in [1.29, 1.82) is 0 Å². The largest absolute Gasteiger partial charge is 0.390 e. The number of aliphatic hydroxyl groups excluding tert-OH is 1. The lowest BCUT2D eigenvalue weighted by molar-refractivity contribution is -0.133. The molecule has 4 N–H and O–H groups in total. The SMILES string of the molecule is CC(C)(C)NC(=O)C1C[C@@H]2CCCC[C@@H]2CN1CC(O)C(Cc1ccccc1)NC(=O)[C@@H](Nc1nccs1)C(C)(C)S(C)(=O)=O. The van der Waals surface area contributed by atoms with Gasteiger partial charge in [-0.1, -0.05) is 49.6 Å². The average molecular weight is 662 g/mol. The van der Waals surface area contributed by atoms with E-state index >= 15 is 0 Å².